The first-order valence-corrected chi connectivity index (χ1v) is 8.67. The van der Waals surface area contributed by atoms with Crippen LogP contribution in [0, 0.1) is 39.9 Å². The normalized spacial score (nSPS) is 16.8. The quantitative estimate of drug-likeness (QED) is 0.361. The third-order valence-corrected chi connectivity index (χ3v) is 4.29. The molecule has 0 fully saturated rings. The van der Waals surface area contributed by atoms with E-state index in [9.17, 15) is 34.8 Å². The summed E-state index contributed by atoms with van der Waals surface area (Å²) in [5.74, 6) is -4.01. The van der Waals surface area contributed by atoms with Gasteiger partial charge >= 0.3 is 39.9 Å². The first-order valence-electron chi connectivity index (χ1n) is 8.67. The van der Waals surface area contributed by atoms with E-state index < -0.39 is 24.5 Å². The Morgan fingerprint density at radius 1 is 0.828 bits per heavy atom. The summed E-state index contributed by atoms with van der Waals surface area (Å²) in [7, 11) is 0. The van der Waals surface area contributed by atoms with Gasteiger partial charge in [-0.1, -0.05) is 0 Å². The van der Waals surface area contributed by atoms with E-state index in [1.54, 1.807) is 4.90 Å². The molecule has 1 radical (unpaired) electrons. The van der Waals surface area contributed by atoms with Gasteiger partial charge in [0.2, 0.25) is 0 Å². The van der Waals surface area contributed by atoms with Crippen LogP contribution in [0.25, 0.3) is 0 Å². The molecule has 0 spiro atoms. The van der Waals surface area contributed by atoms with Crippen molar-refractivity contribution < 1.29 is 74.8 Å². The summed E-state index contributed by atoms with van der Waals surface area (Å²) >= 11 is 0. The number of pyridine rings is 1. The number of carboxylic acids is 3. The number of aromatic nitrogens is 1. The van der Waals surface area contributed by atoms with Crippen molar-refractivity contribution in [3.8, 4) is 5.75 Å². The molecule has 159 valence electrons. The van der Waals surface area contributed by atoms with Gasteiger partial charge in [-0.2, -0.15) is 0 Å². The number of hydrogen-bond acceptors (Lipinski definition) is 11. The maximum atomic E-state index is 11.0. The number of rotatable bonds is 6. The molecular formula is C17H21GdN4O7. The summed E-state index contributed by atoms with van der Waals surface area (Å²) in [6, 6.07) is 2.95. The summed E-state index contributed by atoms with van der Waals surface area (Å²) in [5.41, 5.74) is 0.716. The predicted molar refractivity (Wildman–Crippen MR) is 87.9 cm³/mol. The molecule has 11 nitrogen and oxygen atoms in total. The van der Waals surface area contributed by atoms with Crippen LogP contribution in [0.15, 0.2) is 12.1 Å². The van der Waals surface area contributed by atoms with E-state index >= 15 is 0 Å². The molecule has 12 heteroatoms. The molecule has 0 saturated heterocycles. The zero-order valence-corrected chi connectivity index (χ0v) is 17.8. The minimum absolute atomic E-state index is 0. The molecule has 1 aromatic rings. The molecule has 1 aliphatic heterocycles. The van der Waals surface area contributed by atoms with Gasteiger partial charge in [0.05, 0.1) is 29.3 Å². The molecule has 0 amide bonds. The molecule has 0 aromatic carbocycles. The predicted octanol–water partition coefficient (Wildman–Crippen LogP) is -5.04. The fourth-order valence-electron chi connectivity index (χ4n) is 3.00. The molecule has 0 saturated carbocycles. The van der Waals surface area contributed by atoms with Crippen LogP contribution >= 0.6 is 0 Å². The van der Waals surface area contributed by atoms with Gasteiger partial charge in [-0.05, 0) is 12.1 Å². The van der Waals surface area contributed by atoms with Crippen molar-refractivity contribution in [1.29, 1.82) is 0 Å². The van der Waals surface area contributed by atoms with E-state index in [1.165, 1.54) is 21.9 Å². The molecular weight excluding hydrogens is 529 g/mol. The molecule has 29 heavy (non-hydrogen) atoms. The Balaban J connectivity index is 0.00000420. The largest absolute Gasteiger partial charge is 3.00 e. The topological polar surface area (TPSA) is 163 Å². The Morgan fingerprint density at radius 3 is 1.79 bits per heavy atom. The number of aromatic hydroxyl groups is 1. The second-order valence-corrected chi connectivity index (χ2v) is 6.58. The van der Waals surface area contributed by atoms with Crippen molar-refractivity contribution in [2.24, 2.45) is 0 Å². The Labute approximate surface area is 199 Å². The number of hydrogen-bond donors (Lipinski definition) is 1. The van der Waals surface area contributed by atoms with Crippen molar-refractivity contribution in [1.82, 2.24) is 19.7 Å². The average Bonchev–Trinajstić information content (AvgIpc) is 2.57. The Hall–Kier alpha value is -1.44. The zero-order chi connectivity index (χ0) is 20.7. The van der Waals surface area contributed by atoms with Gasteiger partial charge in [-0.15, -0.1) is 0 Å². The van der Waals surface area contributed by atoms with Crippen molar-refractivity contribution in [3.63, 3.8) is 0 Å². The summed E-state index contributed by atoms with van der Waals surface area (Å²) in [6.07, 6.45) is 0. The van der Waals surface area contributed by atoms with Crippen LogP contribution in [0.2, 0.25) is 0 Å². The van der Waals surface area contributed by atoms with E-state index in [0.717, 1.165) is 0 Å². The molecule has 0 aliphatic carbocycles. The third-order valence-electron chi connectivity index (χ3n) is 4.29. The minimum Gasteiger partial charge on any atom is -0.549 e. The summed E-state index contributed by atoms with van der Waals surface area (Å²) in [6.45, 7) is -0.199. The van der Waals surface area contributed by atoms with E-state index in [1.807, 2.05) is 0 Å². The fraction of sp³-hybridized carbons (Fsp3) is 0.529. The number of fused-ring (bicyclic) bond motifs is 2. The van der Waals surface area contributed by atoms with Crippen LogP contribution in [0.5, 0.6) is 5.75 Å². The molecule has 1 N–H and O–H groups in total. The molecule has 1 aliphatic rings. The summed E-state index contributed by atoms with van der Waals surface area (Å²) in [4.78, 5) is 41.9. The van der Waals surface area contributed by atoms with Crippen LogP contribution < -0.4 is 15.3 Å². The standard InChI is InChI=1S/C17H24N4O7.Gd/c22-14-2-1-12-7-20(10-16(25)26)5-3-19(9-15(23)24)4-6-21(11-17(27)28)8-13(14)18-12;/h1-2,22H,3-11H2,(H,23,24)(H,25,26)(H,27,28);/q;+3/p-3. The van der Waals surface area contributed by atoms with Gasteiger partial charge in [0, 0.05) is 58.9 Å². The monoisotopic (exact) mass is 551 g/mol. The molecule has 2 heterocycles. The van der Waals surface area contributed by atoms with Gasteiger partial charge in [0.15, 0.2) is 0 Å². The van der Waals surface area contributed by atoms with Gasteiger partial charge in [-0.3, -0.25) is 19.7 Å². The third kappa shape index (κ3) is 9.28. The van der Waals surface area contributed by atoms with E-state index in [0.29, 0.717) is 5.69 Å². The number of carbonyl (C=O) groups is 3. The van der Waals surface area contributed by atoms with Crippen molar-refractivity contribution in [2.75, 3.05) is 45.8 Å². The Morgan fingerprint density at radius 2 is 1.28 bits per heavy atom. The fourth-order valence-corrected chi connectivity index (χ4v) is 3.00. The number of nitrogens with zero attached hydrogens (tertiary/aromatic N) is 4. The second-order valence-electron chi connectivity index (χ2n) is 6.58. The van der Waals surface area contributed by atoms with Crippen LogP contribution in [0.3, 0.4) is 0 Å². The van der Waals surface area contributed by atoms with Crippen LogP contribution in [0.1, 0.15) is 11.4 Å². The first kappa shape index (κ1) is 25.6. The molecule has 2 bridgehead atoms. The van der Waals surface area contributed by atoms with Crippen LogP contribution in [-0.4, -0.2) is 88.5 Å². The minimum atomic E-state index is -1.31. The van der Waals surface area contributed by atoms with Crippen LogP contribution in [-0.2, 0) is 27.5 Å². The number of carboxylic acid groups (broad SMARTS) is 3. The molecule has 2 rings (SSSR count). The van der Waals surface area contributed by atoms with Gasteiger partial charge in [0.25, 0.3) is 0 Å². The second kappa shape index (κ2) is 12.3. The molecule has 0 atom stereocenters. The van der Waals surface area contributed by atoms with E-state index in [-0.39, 0.29) is 104 Å². The van der Waals surface area contributed by atoms with Gasteiger partial charge < -0.3 is 34.8 Å². The maximum Gasteiger partial charge on any atom is 3.00 e. The van der Waals surface area contributed by atoms with Gasteiger partial charge in [0.1, 0.15) is 5.75 Å². The summed E-state index contributed by atoms with van der Waals surface area (Å²) in [5, 5.41) is 43.1. The van der Waals surface area contributed by atoms with Crippen molar-refractivity contribution in [2.45, 2.75) is 13.1 Å². The maximum absolute atomic E-state index is 11.0. The number of carbonyl (C=O) groups excluding carboxylic acids is 3. The van der Waals surface area contributed by atoms with Crippen LogP contribution in [0.4, 0.5) is 0 Å². The van der Waals surface area contributed by atoms with Gasteiger partial charge in [-0.25, -0.2) is 0 Å². The van der Waals surface area contributed by atoms with E-state index in [2.05, 4.69) is 4.98 Å². The van der Waals surface area contributed by atoms with E-state index in [4.69, 9.17) is 0 Å². The summed E-state index contributed by atoms with van der Waals surface area (Å²) < 4.78 is 0. The zero-order valence-electron chi connectivity index (χ0n) is 15.6. The SMILES string of the molecule is O=C([O-])CN1CCN(CC(=O)[O-])Cc2ccc(O)c(n2)CN(CC(=O)[O-])CC1.[Gd+3]. The Bertz CT molecular complexity index is 734. The Kier molecular flexibility index (Phi) is 10.9. The molecule has 1 aromatic heterocycles. The number of aliphatic carboxylic acids is 3. The smallest absolute Gasteiger partial charge is 0.549 e. The molecule has 0 unspecified atom stereocenters. The first-order chi connectivity index (χ1) is 13.2. The van der Waals surface area contributed by atoms with Crippen molar-refractivity contribution >= 4 is 17.9 Å². The average molecular weight is 551 g/mol. The van der Waals surface area contributed by atoms with Crippen molar-refractivity contribution in [3.05, 3.63) is 23.5 Å².